The first-order valence-corrected chi connectivity index (χ1v) is 18.5. The number of phenolic OH excluding ortho intramolecular Hbond substituents is 2. The zero-order valence-electron chi connectivity index (χ0n) is 32.0. The van der Waals surface area contributed by atoms with Crippen LogP contribution in [0.4, 0.5) is 20.2 Å². The molecular formula is C42H48F2N4O8. The van der Waals surface area contributed by atoms with Gasteiger partial charge in [-0.2, -0.15) is 0 Å². The molecule has 2 aliphatic heterocycles. The molecule has 0 bridgehead atoms. The lowest BCUT2D eigenvalue weighted by atomic mass is 9.80. The van der Waals surface area contributed by atoms with Crippen LogP contribution in [0.25, 0.3) is 0 Å². The number of piperazine rings is 2. The molecule has 2 N–H and O–H groups in total. The van der Waals surface area contributed by atoms with Crippen LogP contribution < -0.4 is 28.7 Å². The van der Waals surface area contributed by atoms with Gasteiger partial charge in [-0.1, -0.05) is 24.3 Å². The molecule has 2 atom stereocenters. The Morgan fingerprint density at radius 3 is 1.14 bits per heavy atom. The van der Waals surface area contributed by atoms with Crippen LogP contribution in [0.5, 0.6) is 34.5 Å². The number of benzene rings is 4. The van der Waals surface area contributed by atoms with Crippen molar-refractivity contribution in [1.29, 1.82) is 0 Å². The minimum Gasteiger partial charge on any atom is -0.502 e. The van der Waals surface area contributed by atoms with Gasteiger partial charge in [0.05, 0.1) is 51.6 Å². The average molecular weight is 775 g/mol. The van der Waals surface area contributed by atoms with Gasteiger partial charge in [0.2, 0.25) is 23.3 Å². The highest BCUT2D eigenvalue weighted by atomic mass is 19.1. The number of para-hydroxylation sites is 2. The number of nitrogens with zero attached hydrogens (tertiary/aromatic N) is 4. The van der Waals surface area contributed by atoms with Gasteiger partial charge in [-0.3, -0.25) is 9.59 Å². The fourth-order valence-electron chi connectivity index (χ4n) is 7.66. The Morgan fingerprint density at radius 1 is 0.554 bits per heavy atom. The van der Waals surface area contributed by atoms with Crippen LogP contribution in [0.3, 0.4) is 0 Å². The zero-order chi connectivity index (χ0) is 39.9. The number of ether oxygens (including phenoxy) is 4. The van der Waals surface area contributed by atoms with E-state index in [1.54, 1.807) is 70.5 Å². The molecule has 0 aromatic heterocycles. The van der Waals surface area contributed by atoms with Crippen LogP contribution >= 0.6 is 0 Å². The number of amides is 2. The third-order valence-electron chi connectivity index (χ3n) is 10.7. The standard InChI is InChI=1S/C42H48F2N4O8/c1-53-35-23-27(24-36(54-2)39(35)49)21-29(41(51)47-17-13-45(14-18-47)33-11-7-5-9-31(33)43)30(22-28-25-37(55-3)40(50)38(26-28)56-4)42(52)48-19-15-46(16-20-48)34-12-8-6-10-32(34)44/h5-12,23-26,29-30,49-50H,13-22H2,1-4H3/t29-,30+. The van der Waals surface area contributed by atoms with E-state index in [4.69, 9.17) is 18.9 Å². The highest BCUT2D eigenvalue weighted by Crippen LogP contribution is 2.41. The summed E-state index contributed by atoms with van der Waals surface area (Å²) in [6.07, 6.45) is 0.134. The predicted octanol–water partition coefficient (Wildman–Crippen LogP) is 5.13. The predicted molar refractivity (Wildman–Crippen MR) is 207 cm³/mol. The van der Waals surface area contributed by atoms with Crippen molar-refractivity contribution < 1.29 is 47.5 Å². The minimum atomic E-state index is -0.947. The SMILES string of the molecule is COc1cc(C[C@H](C(=O)N2CCN(c3ccccc3F)CC2)[C@@H](Cc2cc(OC)c(O)c(OC)c2)C(=O)N2CCN(c3ccccc3F)CC2)cc(OC)c1O. The Balaban J connectivity index is 1.38. The highest BCUT2D eigenvalue weighted by Gasteiger charge is 2.40. The molecule has 2 heterocycles. The summed E-state index contributed by atoms with van der Waals surface area (Å²) in [5.41, 5.74) is 2.08. The summed E-state index contributed by atoms with van der Waals surface area (Å²) in [4.78, 5) is 37.2. The summed E-state index contributed by atoms with van der Waals surface area (Å²) < 4.78 is 51.3. The van der Waals surface area contributed by atoms with Gasteiger partial charge in [-0.15, -0.1) is 0 Å². The second kappa shape index (κ2) is 17.7. The fraction of sp³-hybridized carbons (Fsp3) is 0.381. The number of hydrogen-bond acceptors (Lipinski definition) is 10. The van der Waals surface area contributed by atoms with Crippen molar-refractivity contribution in [1.82, 2.24) is 9.80 Å². The maximum absolute atomic E-state index is 15.0. The fourth-order valence-corrected chi connectivity index (χ4v) is 7.66. The number of anilines is 2. The second-order valence-corrected chi connectivity index (χ2v) is 13.8. The first-order chi connectivity index (χ1) is 27.1. The van der Waals surface area contributed by atoms with E-state index < -0.39 is 11.8 Å². The normalized spacial score (nSPS) is 15.6. The van der Waals surface area contributed by atoms with Crippen LogP contribution in [0.2, 0.25) is 0 Å². The van der Waals surface area contributed by atoms with Gasteiger partial charge >= 0.3 is 0 Å². The van der Waals surface area contributed by atoms with Crippen molar-refractivity contribution in [2.45, 2.75) is 12.8 Å². The van der Waals surface area contributed by atoms with Crippen LogP contribution in [0.15, 0.2) is 72.8 Å². The van der Waals surface area contributed by atoms with Crippen molar-refractivity contribution in [2.24, 2.45) is 11.8 Å². The van der Waals surface area contributed by atoms with Gasteiger partial charge in [-0.05, 0) is 72.5 Å². The number of hydrogen-bond donors (Lipinski definition) is 2. The van der Waals surface area contributed by atoms with Crippen LogP contribution in [0, 0.1) is 23.5 Å². The molecule has 2 aliphatic rings. The van der Waals surface area contributed by atoms with Gasteiger partial charge in [0, 0.05) is 52.4 Å². The molecule has 0 saturated carbocycles. The molecule has 4 aromatic carbocycles. The molecule has 4 aromatic rings. The third kappa shape index (κ3) is 8.48. The Labute approximate surface area is 325 Å². The highest BCUT2D eigenvalue weighted by molar-refractivity contribution is 5.89. The molecule has 0 aliphatic carbocycles. The van der Waals surface area contributed by atoms with E-state index in [0.29, 0.717) is 48.7 Å². The lowest BCUT2D eigenvalue weighted by Gasteiger charge is -2.41. The van der Waals surface area contributed by atoms with E-state index >= 15 is 0 Å². The van der Waals surface area contributed by atoms with Crippen molar-refractivity contribution in [3.05, 3.63) is 95.6 Å². The Morgan fingerprint density at radius 2 is 0.857 bits per heavy atom. The van der Waals surface area contributed by atoms with E-state index in [9.17, 15) is 28.6 Å². The summed E-state index contributed by atoms with van der Waals surface area (Å²) in [6.45, 7) is 2.66. The minimum absolute atomic E-state index is 0.0668. The number of methoxy groups -OCH3 is 4. The number of aromatic hydroxyl groups is 2. The van der Waals surface area contributed by atoms with E-state index in [0.717, 1.165) is 0 Å². The summed E-state index contributed by atoms with van der Waals surface area (Å²) in [6, 6.07) is 19.5. The molecule has 14 heteroatoms. The van der Waals surface area contributed by atoms with Gasteiger partial charge in [0.25, 0.3) is 0 Å². The lowest BCUT2D eigenvalue weighted by Crippen LogP contribution is -2.55. The van der Waals surface area contributed by atoms with Crippen molar-refractivity contribution in [3.8, 4) is 34.5 Å². The second-order valence-electron chi connectivity index (χ2n) is 13.8. The number of rotatable bonds is 13. The molecule has 12 nitrogen and oxygen atoms in total. The topological polar surface area (TPSA) is 124 Å². The quantitative estimate of drug-likeness (QED) is 0.189. The molecule has 0 spiro atoms. The van der Waals surface area contributed by atoms with Gasteiger partial charge in [0.1, 0.15) is 11.6 Å². The molecule has 2 amide bonds. The first-order valence-electron chi connectivity index (χ1n) is 18.5. The Kier molecular flexibility index (Phi) is 12.6. The van der Waals surface area contributed by atoms with Gasteiger partial charge in [0.15, 0.2) is 23.0 Å². The number of halogens is 2. The molecule has 2 saturated heterocycles. The summed E-state index contributed by atoms with van der Waals surface area (Å²) in [5, 5.41) is 21.4. The summed E-state index contributed by atoms with van der Waals surface area (Å²) in [7, 11) is 5.65. The number of phenols is 2. The van der Waals surface area contributed by atoms with Crippen LogP contribution in [-0.4, -0.2) is 113 Å². The first kappa shape index (κ1) is 39.8. The molecule has 0 unspecified atom stereocenters. The van der Waals surface area contributed by atoms with E-state index in [1.807, 2.05) is 9.80 Å². The summed E-state index contributed by atoms with van der Waals surface area (Å²) >= 11 is 0. The lowest BCUT2D eigenvalue weighted by molar-refractivity contribution is -0.146. The molecule has 298 valence electrons. The maximum atomic E-state index is 15.0. The average Bonchev–Trinajstić information content (AvgIpc) is 3.23. The molecule has 0 radical (unpaired) electrons. The van der Waals surface area contributed by atoms with E-state index in [-0.39, 0.29) is 97.0 Å². The van der Waals surface area contributed by atoms with Crippen molar-refractivity contribution >= 4 is 23.2 Å². The zero-order valence-corrected chi connectivity index (χ0v) is 32.0. The monoisotopic (exact) mass is 774 g/mol. The molecule has 56 heavy (non-hydrogen) atoms. The van der Waals surface area contributed by atoms with Crippen LogP contribution in [-0.2, 0) is 22.4 Å². The van der Waals surface area contributed by atoms with Gasteiger partial charge < -0.3 is 48.8 Å². The van der Waals surface area contributed by atoms with Gasteiger partial charge in [-0.25, -0.2) is 8.78 Å². The number of carbonyl (C=O) groups excluding carboxylic acids is 2. The number of carbonyl (C=O) groups is 2. The largest absolute Gasteiger partial charge is 0.502 e. The Hall–Kier alpha value is -5.92. The Bertz CT molecular complexity index is 1820. The van der Waals surface area contributed by atoms with E-state index in [1.165, 1.54) is 40.6 Å². The van der Waals surface area contributed by atoms with Crippen molar-refractivity contribution in [3.63, 3.8) is 0 Å². The molecule has 2 fully saturated rings. The summed E-state index contributed by atoms with van der Waals surface area (Å²) in [5.74, 6) is -2.96. The molecule has 6 rings (SSSR count). The van der Waals surface area contributed by atoms with E-state index in [2.05, 4.69) is 0 Å². The smallest absolute Gasteiger partial charge is 0.226 e. The van der Waals surface area contributed by atoms with Crippen LogP contribution in [0.1, 0.15) is 11.1 Å². The van der Waals surface area contributed by atoms with Crippen molar-refractivity contribution in [2.75, 3.05) is 90.6 Å². The third-order valence-corrected chi connectivity index (χ3v) is 10.7. The maximum Gasteiger partial charge on any atom is 0.226 e. The molecular weight excluding hydrogens is 726 g/mol.